The lowest BCUT2D eigenvalue weighted by Gasteiger charge is -2.06. The average Bonchev–Trinajstić information content (AvgIpc) is 3.02. The number of imidazole rings is 1. The maximum atomic E-state index is 11.2. The van der Waals surface area contributed by atoms with Crippen LogP contribution in [-0.4, -0.2) is 23.0 Å². The van der Waals surface area contributed by atoms with Crippen molar-refractivity contribution in [3.05, 3.63) is 61.3 Å². The summed E-state index contributed by atoms with van der Waals surface area (Å²) >= 11 is 0. The Kier molecular flexibility index (Phi) is 3.82. The molecule has 0 radical (unpaired) electrons. The van der Waals surface area contributed by atoms with Gasteiger partial charge in [0.1, 0.15) is 5.75 Å². The van der Waals surface area contributed by atoms with E-state index in [9.17, 15) is 8.42 Å². The van der Waals surface area contributed by atoms with Crippen molar-refractivity contribution in [1.82, 2.24) is 14.5 Å². The Morgan fingerprint density at radius 3 is 2.41 bits per heavy atom. The van der Waals surface area contributed by atoms with Crippen LogP contribution in [0.2, 0.25) is 0 Å². The van der Waals surface area contributed by atoms with E-state index in [1.165, 1.54) is 24.3 Å². The second kappa shape index (κ2) is 5.78. The van der Waals surface area contributed by atoms with E-state index in [-0.39, 0.29) is 4.90 Å². The Morgan fingerprint density at radius 1 is 1.09 bits per heavy atom. The van der Waals surface area contributed by atoms with E-state index in [2.05, 4.69) is 9.97 Å². The summed E-state index contributed by atoms with van der Waals surface area (Å²) in [5, 5.41) is 0. The first-order valence-electron chi connectivity index (χ1n) is 6.19. The van der Waals surface area contributed by atoms with Crippen molar-refractivity contribution < 1.29 is 13.2 Å². The Bertz CT molecular complexity index is 861. The van der Waals surface area contributed by atoms with Gasteiger partial charge in [-0.05, 0) is 30.3 Å². The van der Waals surface area contributed by atoms with Gasteiger partial charge in [-0.2, -0.15) is 0 Å². The second-order valence-corrected chi connectivity index (χ2v) is 6.90. The van der Waals surface area contributed by atoms with E-state index in [1.807, 2.05) is 16.8 Å². The van der Waals surface area contributed by atoms with Crippen LogP contribution in [-0.2, 0) is 9.05 Å². The van der Waals surface area contributed by atoms with Gasteiger partial charge in [-0.1, -0.05) is 0 Å². The lowest BCUT2D eigenvalue weighted by atomic mass is 10.3. The molecule has 0 aliphatic rings. The van der Waals surface area contributed by atoms with Gasteiger partial charge in [-0.25, -0.2) is 18.4 Å². The van der Waals surface area contributed by atoms with E-state index in [1.54, 1.807) is 24.8 Å². The van der Waals surface area contributed by atoms with Crippen LogP contribution in [0.4, 0.5) is 0 Å². The molecule has 3 rings (SSSR count). The third-order valence-electron chi connectivity index (χ3n) is 2.85. The monoisotopic (exact) mass is 335 g/mol. The molecule has 0 atom stereocenters. The lowest BCUT2D eigenvalue weighted by Crippen LogP contribution is -1.94. The van der Waals surface area contributed by atoms with Crippen LogP contribution in [0.1, 0.15) is 0 Å². The third-order valence-corrected chi connectivity index (χ3v) is 4.22. The Hall–Kier alpha value is -2.38. The molecular weight excluding hydrogens is 326 g/mol. The van der Waals surface area contributed by atoms with Gasteiger partial charge >= 0.3 is 0 Å². The molecule has 2 aromatic heterocycles. The Morgan fingerprint density at radius 2 is 1.86 bits per heavy atom. The van der Waals surface area contributed by atoms with Gasteiger partial charge in [0.05, 0.1) is 23.1 Å². The molecule has 0 aliphatic carbocycles. The van der Waals surface area contributed by atoms with Crippen molar-refractivity contribution in [2.75, 3.05) is 0 Å². The molecule has 0 aliphatic heterocycles. The van der Waals surface area contributed by atoms with Crippen LogP contribution in [0.15, 0.2) is 66.2 Å². The largest absolute Gasteiger partial charge is 0.439 e. The predicted octanol–water partition coefficient (Wildman–Crippen LogP) is 2.99. The summed E-state index contributed by atoms with van der Waals surface area (Å²) < 4.78 is 29.7. The first kappa shape index (κ1) is 14.6. The quantitative estimate of drug-likeness (QED) is 0.685. The summed E-state index contributed by atoms with van der Waals surface area (Å²) in [6, 6.07) is 9.32. The fourth-order valence-electron chi connectivity index (χ4n) is 1.79. The van der Waals surface area contributed by atoms with Crippen LogP contribution in [0.3, 0.4) is 0 Å². The maximum Gasteiger partial charge on any atom is 0.261 e. The standard InChI is InChI=1S/C14H10ClN3O3S/c15-22(19,20)13-4-2-12(3-5-13)21-14-6-1-11(9-17-14)18-8-7-16-10-18/h1-10H. The molecule has 6 nitrogen and oxygen atoms in total. The molecule has 2 heterocycles. The van der Waals surface area contributed by atoms with E-state index in [0.717, 1.165) is 5.69 Å². The molecule has 0 fully saturated rings. The number of benzene rings is 1. The zero-order valence-corrected chi connectivity index (χ0v) is 12.7. The normalized spacial score (nSPS) is 11.3. The van der Waals surface area contributed by atoms with E-state index >= 15 is 0 Å². The van der Waals surface area contributed by atoms with Crippen LogP contribution in [0, 0.1) is 0 Å². The van der Waals surface area contributed by atoms with E-state index < -0.39 is 9.05 Å². The highest BCUT2D eigenvalue weighted by Gasteiger charge is 2.09. The summed E-state index contributed by atoms with van der Waals surface area (Å²) in [4.78, 5) is 8.17. The average molecular weight is 336 g/mol. The third kappa shape index (κ3) is 3.26. The molecule has 0 amide bonds. The number of pyridine rings is 1. The minimum absolute atomic E-state index is 0.0185. The highest BCUT2D eigenvalue weighted by Crippen LogP contribution is 2.23. The highest BCUT2D eigenvalue weighted by atomic mass is 35.7. The van der Waals surface area contributed by atoms with Crippen LogP contribution < -0.4 is 4.74 Å². The molecule has 1 aromatic carbocycles. The summed E-state index contributed by atoms with van der Waals surface area (Å²) in [5.74, 6) is 0.859. The molecule has 0 spiro atoms. The molecule has 0 bridgehead atoms. The predicted molar refractivity (Wildman–Crippen MR) is 80.9 cm³/mol. The topological polar surface area (TPSA) is 74.1 Å². The van der Waals surface area contributed by atoms with Crippen LogP contribution in [0.5, 0.6) is 11.6 Å². The second-order valence-electron chi connectivity index (χ2n) is 4.34. The highest BCUT2D eigenvalue weighted by molar-refractivity contribution is 8.13. The molecule has 22 heavy (non-hydrogen) atoms. The van der Waals surface area contributed by atoms with Gasteiger partial charge in [0.15, 0.2) is 0 Å². The Labute approximate surface area is 131 Å². The minimum Gasteiger partial charge on any atom is -0.439 e. The summed E-state index contributed by atoms with van der Waals surface area (Å²) in [5.41, 5.74) is 0.855. The van der Waals surface area contributed by atoms with Gasteiger partial charge < -0.3 is 9.30 Å². The van der Waals surface area contributed by atoms with Crippen LogP contribution in [0.25, 0.3) is 5.69 Å². The van der Waals surface area contributed by atoms with Gasteiger partial charge in [-0.15, -0.1) is 0 Å². The number of hydrogen-bond donors (Lipinski definition) is 0. The number of aromatic nitrogens is 3. The SMILES string of the molecule is O=S(=O)(Cl)c1ccc(Oc2ccc(-n3ccnc3)cn2)cc1. The van der Waals surface area contributed by atoms with Crippen molar-refractivity contribution in [2.45, 2.75) is 4.90 Å². The van der Waals surface area contributed by atoms with Crippen molar-refractivity contribution in [1.29, 1.82) is 0 Å². The smallest absolute Gasteiger partial charge is 0.261 e. The minimum atomic E-state index is -3.73. The fourth-order valence-corrected chi connectivity index (χ4v) is 2.56. The molecular formula is C14H10ClN3O3S. The molecule has 8 heteroatoms. The molecule has 0 unspecified atom stereocenters. The summed E-state index contributed by atoms with van der Waals surface area (Å²) in [7, 11) is 1.52. The molecule has 3 aromatic rings. The summed E-state index contributed by atoms with van der Waals surface area (Å²) in [6.45, 7) is 0. The maximum absolute atomic E-state index is 11.2. The number of nitrogens with zero attached hydrogens (tertiary/aromatic N) is 3. The zero-order valence-electron chi connectivity index (χ0n) is 11.1. The number of ether oxygens (including phenoxy) is 1. The zero-order chi connectivity index (χ0) is 15.6. The number of rotatable bonds is 4. The van der Waals surface area contributed by atoms with Gasteiger partial charge in [0.2, 0.25) is 5.88 Å². The van der Waals surface area contributed by atoms with Crippen LogP contribution >= 0.6 is 10.7 Å². The van der Waals surface area contributed by atoms with Gasteiger partial charge in [-0.3, -0.25) is 0 Å². The van der Waals surface area contributed by atoms with Crippen molar-refractivity contribution in [3.8, 4) is 17.3 Å². The Balaban J connectivity index is 1.76. The lowest BCUT2D eigenvalue weighted by molar-refractivity contribution is 0.462. The van der Waals surface area contributed by atoms with E-state index in [4.69, 9.17) is 15.4 Å². The van der Waals surface area contributed by atoms with E-state index in [0.29, 0.717) is 11.6 Å². The van der Waals surface area contributed by atoms with Gasteiger partial charge in [0.25, 0.3) is 9.05 Å². The molecule has 0 saturated carbocycles. The van der Waals surface area contributed by atoms with Crippen molar-refractivity contribution in [3.63, 3.8) is 0 Å². The number of hydrogen-bond acceptors (Lipinski definition) is 5. The fraction of sp³-hybridized carbons (Fsp3) is 0. The molecule has 0 saturated heterocycles. The summed E-state index contributed by atoms with van der Waals surface area (Å²) in [6.07, 6.45) is 6.80. The molecule has 0 N–H and O–H groups in total. The first-order chi connectivity index (χ1) is 10.5. The molecule has 112 valence electrons. The van der Waals surface area contributed by atoms with Crippen molar-refractivity contribution >= 4 is 19.7 Å². The first-order valence-corrected chi connectivity index (χ1v) is 8.50. The van der Waals surface area contributed by atoms with Gasteiger partial charge in [0, 0.05) is 29.1 Å². The number of halogens is 1. The van der Waals surface area contributed by atoms with Crippen molar-refractivity contribution in [2.24, 2.45) is 0 Å².